The number of alkyl carbamates (subject to hydrolysis) is 1. The van der Waals surface area contributed by atoms with Crippen LogP contribution in [0.3, 0.4) is 0 Å². The molecule has 0 radical (unpaired) electrons. The molecule has 0 spiro atoms. The van der Waals surface area contributed by atoms with Crippen molar-refractivity contribution in [2.24, 2.45) is 0 Å². The summed E-state index contributed by atoms with van der Waals surface area (Å²) in [6, 6.07) is 16.5. The molecule has 0 atom stereocenters. The van der Waals surface area contributed by atoms with Gasteiger partial charge >= 0.3 is 12.1 Å². The number of likely N-dealkylation sites (tertiary alicyclic amines) is 1. The predicted molar refractivity (Wildman–Crippen MR) is 132 cm³/mol. The van der Waals surface area contributed by atoms with Crippen LogP contribution in [-0.2, 0) is 14.3 Å². The molecule has 0 bridgehead atoms. The predicted octanol–water partition coefficient (Wildman–Crippen LogP) is 3.31. The summed E-state index contributed by atoms with van der Waals surface area (Å²) in [5.41, 5.74) is 4.76. The Morgan fingerprint density at radius 3 is 2.20 bits per heavy atom. The highest BCUT2D eigenvalue weighted by Gasteiger charge is 2.30. The molecule has 0 saturated carbocycles. The molecule has 2 amide bonds. The first-order valence-corrected chi connectivity index (χ1v) is 12.3. The van der Waals surface area contributed by atoms with Gasteiger partial charge in [0.25, 0.3) is 0 Å². The van der Waals surface area contributed by atoms with E-state index < -0.39 is 12.1 Å². The smallest absolute Gasteiger partial charge is 0.407 e. The third-order valence-corrected chi connectivity index (χ3v) is 6.94. The maximum atomic E-state index is 12.6. The Hall–Kier alpha value is -3.39. The molecular weight excluding hydrogens is 446 g/mol. The zero-order valence-electron chi connectivity index (χ0n) is 20.1. The molecule has 186 valence electrons. The molecule has 8 nitrogen and oxygen atoms in total. The van der Waals surface area contributed by atoms with Crippen molar-refractivity contribution in [3.8, 4) is 11.1 Å². The van der Waals surface area contributed by atoms with Gasteiger partial charge in [-0.15, -0.1) is 0 Å². The lowest BCUT2D eigenvalue weighted by Crippen LogP contribution is -2.48. The van der Waals surface area contributed by atoms with E-state index in [1.54, 1.807) is 4.90 Å². The number of ether oxygens (including phenoxy) is 1. The minimum Gasteiger partial charge on any atom is -0.481 e. The summed E-state index contributed by atoms with van der Waals surface area (Å²) in [5.74, 6) is -0.934. The fourth-order valence-electron chi connectivity index (χ4n) is 5.02. The highest BCUT2D eigenvalue weighted by molar-refractivity contribution is 5.79. The summed E-state index contributed by atoms with van der Waals surface area (Å²) in [6.45, 7) is 4.51. The molecule has 1 aliphatic heterocycles. The zero-order chi connectivity index (χ0) is 24.8. The summed E-state index contributed by atoms with van der Waals surface area (Å²) in [7, 11) is 0. The average Bonchev–Trinajstić information content (AvgIpc) is 3.18. The normalized spacial score (nSPS) is 15.8. The number of carboxylic acid groups (broad SMARTS) is 1. The second kappa shape index (κ2) is 11.4. The van der Waals surface area contributed by atoms with E-state index in [-0.39, 0.29) is 44.0 Å². The third-order valence-electron chi connectivity index (χ3n) is 6.94. The van der Waals surface area contributed by atoms with E-state index in [1.165, 1.54) is 22.3 Å². The van der Waals surface area contributed by atoms with E-state index in [0.717, 1.165) is 12.8 Å². The van der Waals surface area contributed by atoms with Gasteiger partial charge in [0.05, 0.1) is 13.0 Å². The number of rotatable bonds is 9. The molecule has 1 saturated heterocycles. The van der Waals surface area contributed by atoms with Crippen LogP contribution in [0.1, 0.15) is 43.2 Å². The SMILES string of the molecule is CCN(CCC(=O)O)C(=O)CN1CCC(NC(=O)OCC2c3ccccc3-c3ccccc32)CC1. The molecule has 2 aromatic carbocycles. The Kier molecular flexibility index (Phi) is 8.02. The van der Waals surface area contributed by atoms with E-state index in [9.17, 15) is 14.4 Å². The second-order valence-corrected chi connectivity index (χ2v) is 9.14. The Bertz CT molecular complexity index is 1020. The number of aliphatic carboxylic acids is 1. The van der Waals surface area contributed by atoms with Gasteiger partial charge in [-0.1, -0.05) is 48.5 Å². The minimum atomic E-state index is -0.906. The van der Waals surface area contributed by atoms with Crippen molar-refractivity contribution < 1.29 is 24.2 Å². The van der Waals surface area contributed by atoms with Crippen LogP contribution in [-0.4, -0.2) is 78.2 Å². The van der Waals surface area contributed by atoms with Gasteiger partial charge < -0.3 is 20.1 Å². The van der Waals surface area contributed by atoms with E-state index in [4.69, 9.17) is 9.84 Å². The summed E-state index contributed by atoms with van der Waals surface area (Å²) in [4.78, 5) is 39.5. The van der Waals surface area contributed by atoms with Crippen LogP contribution in [0.15, 0.2) is 48.5 Å². The van der Waals surface area contributed by atoms with Gasteiger partial charge in [-0.25, -0.2) is 4.79 Å². The van der Waals surface area contributed by atoms with Crippen LogP contribution in [0.25, 0.3) is 11.1 Å². The first kappa shape index (κ1) is 24.7. The van der Waals surface area contributed by atoms with Crippen molar-refractivity contribution in [3.63, 3.8) is 0 Å². The maximum absolute atomic E-state index is 12.6. The molecule has 0 aromatic heterocycles. The second-order valence-electron chi connectivity index (χ2n) is 9.14. The summed E-state index contributed by atoms with van der Waals surface area (Å²) in [6.07, 6.45) is 1.01. The van der Waals surface area contributed by atoms with Crippen LogP contribution in [0.5, 0.6) is 0 Å². The number of piperidine rings is 1. The number of likely N-dealkylation sites (N-methyl/N-ethyl adjacent to an activating group) is 1. The third kappa shape index (κ3) is 6.00. The summed E-state index contributed by atoms with van der Waals surface area (Å²) >= 11 is 0. The highest BCUT2D eigenvalue weighted by Crippen LogP contribution is 2.44. The highest BCUT2D eigenvalue weighted by atomic mass is 16.5. The number of carbonyl (C=O) groups excluding carboxylic acids is 2. The Morgan fingerprint density at radius 2 is 1.63 bits per heavy atom. The Labute approximate surface area is 205 Å². The molecule has 2 aliphatic rings. The number of carbonyl (C=O) groups is 3. The summed E-state index contributed by atoms with van der Waals surface area (Å²) < 4.78 is 5.65. The fourth-order valence-corrected chi connectivity index (χ4v) is 5.02. The lowest BCUT2D eigenvalue weighted by atomic mass is 9.98. The van der Waals surface area contributed by atoms with Crippen LogP contribution >= 0.6 is 0 Å². The number of hydrogen-bond acceptors (Lipinski definition) is 5. The van der Waals surface area contributed by atoms with Gasteiger partial charge in [0, 0.05) is 38.1 Å². The topological polar surface area (TPSA) is 99.2 Å². The molecule has 35 heavy (non-hydrogen) atoms. The monoisotopic (exact) mass is 479 g/mol. The molecule has 8 heteroatoms. The number of fused-ring (bicyclic) bond motifs is 3. The first-order chi connectivity index (χ1) is 17.0. The maximum Gasteiger partial charge on any atom is 0.407 e. The van der Waals surface area contributed by atoms with Crippen molar-refractivity contribution >= 4 is 18.0 Å². The molecule has 4 rings (SSSR count). The molecule has 0 unspecified atom stereocenters. The van der Waals surface area contributed by atoms with Gasteiger partial charge in [0.15, 0.2) is 0 Å². The Balaban J connectivity index is 1.22. The quantitative estimate of drug-likeness (QED) is 0.573. The number of nitrogens with one attached hydrogen (secondary N) is 1. The van der Waals surface area contributed by atoms with Crippen LogP contribution in [0, 0.1) is 0 Å². The molecule has 2 N–H and O–H groups in total. The molecule has 2 aromatic rings. The number of hydrogen-bond donors (Lipinski definition) is 2. The fraction of sp³-hybridized carbons (Fsp3) is 0.444. The largest absolute Gasteiger partial charge is 0.481 e. The number of nitrogens with zero attached hydrogens (tertiary/aromatic N) is 2. The van der Waals surface area contributed by atoms with E-state index in [2.05, 4.69) is 34.5 Å². The average molecular weight is 480 g/mol. The van der Waals surface area contributed by atoms with E-state index in [0.29, 0.717) is 19.6 Å². The molecular formula is C27H33N3O5. The lowest BCUT2D eigenvalue weighted by molar-refractivity contribution is -0.138. The summed E-state index contributed by atoms with van der Waals surface area (Å²) in [5, 5.41) is 11.8. The number of benzene rings is 2. The van der Waals surface area contributed by atoms with E-state index in [1.807, 2.05) is 31.2 Å². The van der Waals surface area contributed by atoms with E-state index >= 15 is 0 Å². The van der Waals surface area contributed by atoms with Crippen LogP contribution in [0.2, 0.25) is 0 Å². The van der Waals surface area contributed by atoms with Crippen molar-refractivity contribution in [2.75, 3.05) is 39.3 Å². The van der Waals surface area contributed by atoms with Crippen molar-refractivity contribution in [1.82, 2.24) is 15.1 Å². The van der Waals surface area contributed by atoms with Gasteiger partial charge in [-0.05, 0) is 42.0 Å². The van der Waals surface area contributed by atoms with Gasteiger partial charge in [-0.3, -0.25) is 14.5 Å². The van der Waals surface area contributed by atoms with Crippen LogP contribution < -0.4 is 5.32 Å². The zero-order valence-corrected chi connectivity index (χ0v) is 20.1. The van der Waals surface area contributed by atoms with Crippen molar-refractivity contribution in [3.05, 3.63) is 59.7 Å². The van der Waals surface area contributed by atoms with Crippen molar-refractivity contribution in [2.45, 2.75) is 38.1 Å². The molecule has 1 aliphatic carbocycles. The van der Waals surface area contributed by atoms with Crippen molar-refractivity contribution in [1.29, 1.82) is 0 Å². The molecule has 1 heterocycles. The molecule has 1 fully saturated rings. The van der Waals surface area contributed by atoms with Gasteiger partial charge in [0.2, 0.25) is 5.91 Å². The first-order valence-electron chi connectivity index (χ1n) is 12.3. The van der Waals surface area contributed by atoms with Crippen LogP contribution in [0.4, 0.5) is 4.79 Å². The number of carboxylic acids is 1. The Morgan fingerprint density at radius 1 is 1.03 bits per heavy atom. The number of amides is 2. The minimum absolute atomic E-state index is 0.00583. The standard InChI is InChI=1S/C27H33N3O5/c1-2-30(16-13-26(32)33)25(31)17-29-14-11-19(12-15-29)28-27(34)35-18-24-22-9-5-3-7-20(22)21-8-4-6-10-23(21)24/h3-10,19,24H,2,11-18H2,1H3,(H,28,34)(H,32,33). The van der Waals surface area contributed by atoms with Gasteiger partial charge in [0.1, 0.15) is 6.61 Å². The van der Waals surface area contributed by atoms with Gasteiger partial charge in [-0.2, -0.15) is 0 Å². The lowest BCUT2D eigenvalue weighted by Gasteiger charge is -2.33.